The summed E-state index contributed by atoms with van der Waals surface area (Å²) < 4.78 is 0. The Morgan fingerprint density at radius 1 is 1.40 bits per heavy atom. The van der Waals surface area contributed by atoms with Crippen LogP contribution in [0.25, 0.3) is 0 Å². The van der Waals surface area contributed by atoms with Crippen molar-refractivity contribution < 1.29 is 4.79 Å². The van der Waals surface area contributed by atoms with Crippen LogP contribution in [0.1, 0.15) is 36.9 Å². The van der Waals surface area contributed by atoms with Gasteiger partial charge in [0.25, 0.3) is 0 Å². The first kappa shape index (κ1) is 12.9. The SMILES string of the molecule is CC1CCCN(C(=O)Cc2ccn[nH]2)c2ccccc21. The summed E-state index contributed by atoms with van der Waals surface area (Å²) in [4.78, 5) is 14.5. The number of fused-ring (bicyclic) bond motifs is 1. The summed E-state index contributed by atoms with van der Waals surface area (Å²) in [5, 5.41) is 6.76. The summed E-state index contributed by atoms with van der Waals surface area (Å²) in [5.74, 6) is 0.645. The number of rotatable bonds is 2. The lowest BCUT2D eigenvalue weighted by molar-refractivity contribution is -0.118. The summed E-state index contributed by atoms with van der Waals surface area (Å²) in [6, 6.07) is 10.1. The van der Waals surface area contributed by atoms with E-state index < -0.39 is 0 Å². The van der Waals surface area contributed by atoms with Crippen LogP contribution < -0.4 is 4.90 Å². The molecule has 0 fully saturated rings. The predicted octanol–water partition coefficient (Wildman–Crippen LogP) is 2.88. The van der Waals surface area contributed by atoms with Gasteiger partial charge < -0.3 is 4.90 Å². The van der Waals surface area contributed by atoms with Crippen LogP contribution in [0.3, 0.4) is 0 Å². The van der Waals surface area contributed by atoms with E-state index in [1.165, 1.54) is 5.56 Å². The summed E-state index contributed by atoms with van der Waals surface area (Å²) in [6.45, 7) is 3.04. The van der Waals surface area contributed by atoms with Crippen molar-refractivity contribution in [3.05, 3.63) is 47.8 Å². The molecule has 20 heavy (non-hydrogen) atoms. The van der Waals surface area contributed by atoms with Crippen molar-refractivity contribution in [2.45, 2.75) is 32.1 Å². The lowest BCUT2D eigenvalue weighted by Gasteiger charge is -2.23. The van der Waals surface area contributed by atoms with Crippen molar-refractivity contribution in [3.63, 3.8) is 0 Å². The molecular weight excluding hydrogens is 250 g/mol. The van der Waals surface area contributed by atoms with E-state index in [1.807, 2.05) is 17.0 Å². The maximum absolute atomic E-state index is 12.6. The zero-order chi connectivity index (χ0) is 13.9. The van der Waals surface area contributed by atoms with Crippen LogP contribution in [0.2, 0.25) is 0 Å². The Morgan fingerprint density at radius 2 is 2.25 bits per heavy atom. The second kappa shape index (κ2) is 5.49. The van der Waals surface area contributed by atoms with E-state index in [9.17, 15) is 4.79 Å². The van der Waals surface area contributed by atoms with Gasteiger partial charge in [-0.3, -0.25) is 9.89 Å². The third-order valence-corrected chi connectivity index (χ3v) is 3.98. The van der Waals surface area contributed by atoms with Gasteiger partial charge in [0.1, 0.15) is 0 Å². The van der Waals surface area contributed by atoms with Gasteiger partial charge in [0, 0.05) is 24.1 Å². The average Bonchev–Trinajstić information content (AvgIpc) is 2.90. The third kappa shape index (κ3) is 2.46. The molecule has 4 heteroatoms. The highest BCUT2D eigenvalue weighted by atomic mass is 16.2. The number of hydrogen-bond donors (Lipinski definition) is 1. The Balaban J connectivity index is 1.89. The molecule has 3 rings (SSSR count). The predicted molar refractivity (Wildman–Crippen MR) is 78.7 cm³/mol. The number of aromatic nitrogens is 2. The number of carbonyl (C=O) groups is 1. The lowest BCUT2D eigenvalue weighted by Crippen LogP contribution is -2.33. The molecule has 0 saturated carbocycles. The second-order valence-corrected chi connectivity index (χ2v) is 5.41. The van der Waals surface area contributed by atoms with Crippen LogP contribution >= 0.6 is 0 Å². The largest absolute Gasteiger partial charge is 0.312 e. The van der Waals surface area contributed by atoms with Crippen LogP contribution in [-0.2, 0) is 11.2 Å². The Bertz CT molecular complexity index is 592. The minimum absolute atomic E-state index is 0.135. The number of anilines is 1. The zero-order valence-corrected chi connectivity index (χ0v) is 11.7. The standard InChI is InChI=1S/C16H19N3O/c1-12-5-4-10-19(15-7-3-2-6-14(12)15)16(20)11-13-8-9-17-18-13/h2-3,6-9,12H,4-5,10-11H2,1H3,(H,17,18). The van der Waals surface area contributed by atoms with Gasteiger partial charge >= 0.3 is 0 Å². The quantitative estimate of drug-likeness (QED) is 0.911. The number of hydrogen-bond acceptors (Lipinski definition) is 2. The van der Waals surface area contributed by atoms with E-state index in [1.54, 1.807) is 6.20 Å². The monoisotopic (exact) mass is 269 g/mol. The molecule has 1 aromatic carbocycles. The molecule has 0 saturated heterocycles. The smallest absolute Gasteiger partial charge is 0.232 e. The Labute approximate surface area is 118 Å². The highest BCUT2D eigenvalue weighted by Crippen LogP contribution is 2.34. The van der Waals surface area contributed by atoms with E-state index in [4.69, 9.17) is 0 Å². The fourth-order valence-corrected chi connectivity index (χ4v) is 2.88. The number of nitrogens with one attached hydrogen (secondary N) is 1. The molecule has 0 bridgehead atoms. The summed E-state index contributed by atoms with van der Waals surface area (Å²) >= 11 is 0. The van der Waals surface area contributed by atoms with Crippen LogP contribution in [-0.4, -0.2) is 22.6 Å². The van der Waals surface area contributed by atoms with Crippen molar-refractivity contribution in [2.75, 3.05) is 11.4 Å². The molecule has 4 nitrogen and oxygen atoms in total. The molecule has 1 amide bonds. The maximum Gasteiger partial charge on any atom is 0.232 e. The Hall–Kier alpha value is -2.10. The van der Waals surface area contributed by atoms with E-state index in [-0.39, 0.29) is 5.91 Å². The number of nitrogens with zero attached hydrogens (tertiary/aromatic N) is 2. The third-order valence-electron chi connectivity index (χ3n) is 3.98. The molecule has 0 radical (unpaired) electrons. The van der Waals surface area contributed by atoms with E-state index in [0.29, 0.717) is 12.3 Å². The molecule has 1 N–H and O–H groups in total. The lowest BCUT2D eigenvalue weighted by atomic mass is 9.96. The van der Waals surface area contributed by atoms with Gasteiger partial charge in [-0.15, -0.1) is 0 Å². The Morgan fingerprint density at radius 3 is 3.05 bits per heavy atom. The molecule has 1 aliphatic heterocycles. The summed E-state index contributed by atoms with van der Waals surface area (Å²) in [7, 11) is 0. The van der Waals surface area contributed by atoms with Crippen LogP contribution in [0.5, 0.6) is 0 Å². The van der Waals surface area contributed by atoms with Crippen LogP contribution in [0.15, 0.2) is 36.5 Å². The fraction of sp³-hybridized carbons (Fsp3) is 0.375. The number of para-hydroxylation sites is 1. The molecule has 0 spiro atoms. The fourth-order valence-electron chi connectivity index (χ4n) is 2.88. The first-order valence-electron chi connectivity index (χ1n) is 7.13. The summed E-state index contributed by atoms with van der Waals surface area (Å²) in [6.07, 6.45) is 4.24. The van der Waals surface area contributed by atoms with Gasteiger partial charge in [-0.25, -0.2) is 0 Å². The Kier molecular flexibility index (Phi) is 3.54. The average molecular weight is 269 g/mol. The van der Waals surface area contributed by atoms with Crippen molar-refractivity contribution >= 4 is 11.6 Å². The van der Waals surface area contributed by atoms with Gasteiger partial charge in [0.15, 0.2) is 0 Å². The molecule has 1 aromatic heterocycles. The van der Waals surface area contributed by atoms with Gasteiger partial charge in [0.2, 0.25) is 5.91 Å². The number of carbonyl (C=O) groups excluding carboxylic acids is 1. The minimum atomic E-state index is 0.135. The first-order valence-corrected chi connectivity index (χ1v) is 7.13. The highest BCUT2D eigenvalue weighted by molar-refractivity contribution is 5.95. The number of amides is 1. The highest BCUT2D eigenvalue weighted by Gasteiger charge is 2.24. The van der Waals surface area contributed by atoms with E-state index in [2.05, 4.69) is 35.3 Å². The minimum Gasteiger partial charge on any atom is -0.312 e. The normalized spacial score (nSPS) is 18.4. The van der Waals surface area contributed by atoms with Crippen molar-refractivity contribution in [1.82, 2.24) is 10.2 Å². The second-order valence-electron chi connectivity index (χ2n) is 5.41. The molecule has 2 heterocycles. The molecule has 0 aliphatic carbocycles. The van der Waals surface area contributed by atoms with Crippen molar-refractivity contribution in [3.8, 4) is 0 Å². The molecule has 1 atom stereocenters. The zero-order valence-electron chi connectivity index (χ0n) is 11.7. The molecule has 1 aliphatic rings. The molecule has 1 unspecified atom stereocenters. The van der Waals surface area contributed by atoms with Crippen molar-refractivity contribution in [2.24, 2.45) is 0 Å². The van der Waals surface area contributed by atoms with Gasteiger partial charge in [-0.05, 0) is 36.5 Å². The number of aromatic amines is 1. The molecule has 104 valence electrons. The summed E-state index contributed by atoms with van der Waals surface area (Å²) in [5.41, 5.74) is 3.22. The van der Waals surface area contributed by atoms with Crippen LogP contribution in [0.4, 0.5) is 5.69 Å². The van der Waals surface area contributed by atoms with Gasteiger partial charge in [0.05, 0.1) is 6.42 Å². The van der Waals surface area contributed by atoms with Gasteiger partial charge in [-0.1, -0.05) is 25.1 Å². The van der Waals surface area contributed by atoms with Gasteiger partial charge in [-0.2, -0.15) is 5.10 Å². The molecule has 2 aromatic rings. The number of benzene rings is 1. The molecular formula is C16H19N3O. The van der Waals surface area contributed by atoms with E-state index in [0.717, 1.165) is 30.8 Å². The topological polar surface area (TPSA) is 49.0 Å². The number of H-pyrrole nitrogens is 1. The first-order chi connectivity index (χ1) is 9.75. The van der Waals surface area contributed by atoms with Crippen LogP contribution in [0, 0.1) is 0 Å². The van der Waals surface area contributed by atoms with Crippen molar-refractivity contribution in [1.29, 1.82) is 0 Å². The maximum atomic E-state index is 12.6. The van der Waals surface area contributed by atoms with E-state index >= 15 is 0 Å².